The number of methoxy groups -OCH3 is 2. The molecule has 0 aliphatic heterocycles. The number of ether oxygens (including phenoxy) is 4. The first-order chi connectivity index (χ1) is 22.2. The van der Waals surface area contributed by atoms with Crippen LogP contribution >= 0.6 is 12.4 Å². The van der Waals surface area contributed by atoms with Crippen molar-refractivity contribution in [2.45, 2.75) is 0 Å². The van der Waals surface area contributed by atoms with Gasteiger partial charge in [0.05, 0.1) is 36.2 Å². The molecule has 0 aliphatic carbocycles. The van der Waals surface area contributed by atoms with Crippen LogP contribution in [0, 0.1) is 0 Å². The number of rotatable bonds is 10. The zero-order valence-electron chi connectivity index (χ0n) is 25.1. The summed E-state index contributed by atoms with van der Waals surface area (Å²) < 4.78 is 21.4. The van der Waals surface area contributed by atoms with Gasteiger partial charge in [0.1, 0.15) is 41.4 Å². The Morgan fingerprint density at radius 2 is 1.20 bits per heavy atom. The van der Waals surface area contributed by atoms with Crippen molar-refractivity contribution in [1.29, 1.82) is 0 Å². The monoisotopic (exact) mass is 648 g/mol. The van der Waals surface area contributed by atoms with E-state index in [1.54, 1.807) is 38.7 Å². The Labute approximate surface area is 270 Å². The summed E-state index contributed by atoms with van der Waals surface area (Å²) in [5.74, 6) is 4.77. The van der Waals surface area contributed by atoms with Gasteiger partial charge in [0, 0.05) is 60.3 Å². The minimum absolute atomic E-state index is 0. The van der Waals surface area contributed by atoms with Gasteiger partial charge in [0.25, 0.3) is 0 Å². The van der Waals surface area contributed by atoms with Crippen LogP contribution in [0.4, 0.5) is 0 Å². The number of benzene rings is 2. The highest BCUT2D eigenvalue weighted by atomic mass is 35.5. The van der Waals surface area contributed by atoms with Crippen LogP contribution in [0.5, 0.6) is 11.5 Å². The van der Waals surface area contributed by atoms with Crippen LogP contribution in [0.3, 0.4) is 0 Å². The first-order valence-corrected chi connectivity index (χ1v) is 13.7. The average molecular weight is 649 g/mol. The predicted octanol–water partition coefficient (Wildman–Crippen LogP) is 4.99. The zero-order chi connectivity index (χ0) is 32.0. The molecule has 6 aromatic rings. The lowest BCUT2D eigenvalue weighted by Crippen LogP contribution is -2.05. The maximum Gasteiger partial charge on any atom is 0.168 e. The number of hydrogen-bond acceptors (Lipinski definition) is 13. The van der Waals surface area contributed by atoms with Gasteiger partial charge < -0.3 is 29.4 Å². The molecule has 46 heavy (non-hydrogen) atoms. The third kappa shape index (κ3) is 8.35. The fraction of sp³-hybridized carbons (Fsp3) is 0.188. The molecule has 4 heterocycles. The van der Waals surface area contributed by atoms with Crippen LogP contribution in [0.2, 0.25) is 0 Å². The lowest BCUT2D eigenvalue weighted by Gasteiger charge is -2.11. The smallest absolute Gasteiger partial charge is 0.168 e. The second-order valence-electron chi connectivity index (χ2n) is 9.21. The number of aromatic nitrogens is 4. The van der Waals surface area contributed by atoms with Crippen molar-refractivity contribution >= 4 is 68.5 Å². The van der Waals surface area contributed by atoms with E-state index in [1.807, 2.05) is 48.5 Å². The third-order valence-corrected chi connectivity index (χ3v) is 6.47. The van der Waals surface area contributed by atoms with E-state index < -0.39 is 0 Å². The molecule has 0 fully saturated rings. The maximum absolute atomic E-state index is 11.1. The van der Waals surface area contributed by atoms with Crippen molar-refractivity contribution in [3.8, 4) is 11.5 Å². The first kappa shape index (κ1) is 35.4. The number of nitrogens with zero attached hydrogens (tertiary/aromatic N) is 5. The molecule has 4 N–H and O–H groups in total. The van der Waals surface area contributed by atoms with E-state index in [0.29, 0.717) is 66.6 Å². The zero-order valence-corrected chi connectivity index (χ0v) is 25.9. The number of nitrogens with two attached hydrogens (primary N) is 1. The number of halogens is 1. The van der Waals surface area contributed by atoms with E-state index in [1.165, 1.54) is 6.21 Å². The predicted molar refractivity (Wildman–Crippen MR) is 177 cm³/mol. The quantitative estimate of drug-likeness (QED) is 0.0452. The van der Waals surface area contributed by atoms with Crippen molar-refractivity contribution in [2.75, 3.05) is 40.6 Å². The fourth-order valence-corrected chi connectivity index (χ4v) is 4.52. The van der Waals surface area contributed by atoms with E-state index in [9.17, 15) is 4.79 Å². The summed E-state index contributed by atoms with van der Waals surface area (Å²) >= 11 is 0. The van der Waals surface area contributed by atoms with Gasteiger partial charge in [-0.1, -0.05) is 29.4 Å². The van der Waals surface area contributed by atoms with Gasteiger partial charge in [-0.15, -0.1) is 12.4 Å². The summed E-state index contributed by atoms with van der Waals surface area (Å²) in [7, 11) is 3.23. The molecule has 0 aliphatic rings. The van der Waals surface area contributed by atoms with Crippen LogP contribution < -0.4 is 15.4 Å². The van der Waals surface area contributed by atoms with Gasteiger partial charge in [0.2, 0.25) is 0 Å². The summed E-state index contributed by atoms with van der Waals surface area (Å²) in [5.41, 5.74) is 3.75. The highest BCUT2D eigenvalue weighted by Gasteiger charge is 2.12. The molecule has 14 heteroatoms. The molecule has 0 spiro atoms. The largest absolute Gasteiger partial charge is 0.490 e. The molecule has 13 nitrogen and oxygen atoms in total. The third-order valence-electron chi connectivity index (χ3n) is 6.47. The van der Waals surface area contributed by atoms with E-state index >= 15 is 0 Å². The van der Waals surface area contributed by atoms with Crippen LogP contribution in [0.25, 0.3) is 43.6 Å². The molecule has 0 atom stereocenters. The Morgan fingerprint density at radius 1 is 0.717 bits per heavy atom. The molecular formula is C32H33ClN6O7. The number of fused-ring (bicyclic) bond motifs is 6. The van der Waals surface area contributed by atoms with Crippen LogP contribution in [0.15, 0.2) is 78.2 Å². The Kier molecular flexibility index (Phi) is 13.9. The number of aldehydes is 1. The highest BCUT2D eigenvalue weighted by Crippen LogP contribution is 2.31. The Morgan fingerprint density at radius 3 is 1.65 bits per heavy atom. The number of oxime groups is 1. The number of hydrogen-bond donors (Lipinski definition) is 3. The van der Waals surface area contributed by atoms with Gasteiger partial charge >= 0.3 is 0 Å². The van der Waals surface area contributed by atoms with Gasteiger partial charge in [0.15, 0.2) is 6.29 Å². The highest BCUT2D eigenvalue weighted by molar-refractivity contribution is 6.06. The van der Waals surface area contributed by atoms with Crippen LogP contribution in [-0.2, 0) is 9.47 Å². The Balaban J connectivity index is 0.000000233. The average Bonchev–Trinajstić information content (AvgIpc) is 3.09. The normalized spacial score (nSPS) is 10.6. The number of carbonyl (C=O) groups is 1. The molecule has 4 aromatic heterocycles. The van der Waals surface area contributed by atoms with Crippen LogP contribution in [-0.4, -0.2) is 83.5 Å². The molecular weight excluding hydrogens is 616 g/mol. The minimum Gasteiger partial charge on any atom is -0.490 e. The summed E-state index contributed by atoms with van der Waals surface area (Å²) in [6.07, 6.45) is 5.42. The van der Waals surface area contributed by atoms with Crippen molar-refractivity contribution < 1.29 is 34.2 Å². The molecule has 2 aromatic carbocycles. The molecule has 0 saturated carbocycles. The topological polar surface area (TPSA) is 184 Å². The van der Waals surface area contributed by atoms with E-state index in [4.69, 9.17) is 29.4 Å². The molecule has 0 unspecified atom stereocenters. The second kappa shape index (κ2) is 18.0. The van der Waals surface area contributed by atoms with Crippen molar-refractivity contribution in [3.05, 3.63) is 84.4 Å². The number of pyridine rings is 4. The van der Waals surface area contributed by atoms with Crippen molar-refractivity contribution in [1.82, 2.24) is 19.9 Å². The first-order valence-electron chi connectivity index (χ1n) is 13.7. The lowest BCUT2D eigenvalue weighted by atomic mass is 10.1. The lowest BCUT2D eigenvalue weighted by molar-refractivity contribution is 0.111. The summed E-state index contributed by atoms with van der Waals surface area (Å²) in [6, 6.07) is 18.9. The standard InChI is InChI=1S/C16H15N3O3.C16H14N2O3.ClH.H3NO/c1-21-7-8-22-14-9-12(10-18-20)19-16-13(14)5-4-11-3-2-6-17-15(11)16;1-20-7-8-21-14-9-12(10-19)18-16-13(14)5-4-11-3-2-6-17-15(11)16;;1-2/h2-6,9-10,20H,7-8H2,1H3;2-6,9-10H,7-8H2,1H3;1H;2H,1H2/b18-10+;;;. The molecule has 6 rings (SSSR count). The van der Waals surface area contributed by atoms with Gasteiger partial charge in [-0.05, 0) is 24.3 Å². The van der Waals surface area contributed by atoms with E-state index in [0.717, 1.165) is 32.6 Å². The maximum atomic E-state index is 11.1. The van der Waals surface area contributed by atoms with Crippen molar-refractivity contribution in [2.24, 2.45) is 11.1 Å². The molecule has 0 amide bonds. The van der Waals surface area contributed by atoms with Crippen molar-refractivity contribution in [3.63, 3.8) is 0 Å². The summed E-state index contributed by atoms with van der Waals surface area (Å²) in [4.78, 5) is 28.7. The molecule has 0 saturated heterocycles. The van der Waals surface area contributed by atoms with Gasteiger partial charge in [-0.2, -0.15) is 0 Å². The van der Waals surface area contributed by atoms with E-state index in [-0.39, 0.29) is 12.4 Å². The summed E-state index contributed by atoms with van der Waals surface area (Å²) in [6.45, 7) is 1.80. The minimum atomic E-state index is 0. The Hall–Kier alpha value is -5.05. The van der Waals surface area contributed by atoms with Gasteiger partial charge in [-0.3, -0.25) is 14.8 Å². The fourth-order valence-electron chi connectivity index (χ4n) is 4.52. The molecule has 0 radical (unpaired) electrons. The Bertz CT molecular complexity index is 1930. The SMILES string of the molecule is COCCOc1cc(/C=N/O)nc2c1ccc1cccnc12.COCCOc1cc(C=O)nc2c1ccc1cccnc12.Cl.NO. The summed E-state index contributed by atoms with van der Waals surface area (Å²) in [5, 5.41) is 22.0. The number of carbonyl (C=O) groups excluding carboxylic acids is 1. The second-order valence-corrected chi connectivity index (χ2v) is 9.21. The molecule has 0 bridgehead atoms. The molecule has 240 valence electrons. The van der Waals surface area contributed by atoms with Gasteiger partial charge in [-0.25, -0.2) is 15.9 Å². The van der Waals surface area contributed by atoms with Crippen LogP contribution in [0.1, 0.15) is 16.2 Å². The van der Waals surface area contributed by atoms with E-state index in [2.05, 4.69) is 31.0 Å².